The first-order chi connectivity index (χ1) is 15.1. The Labute approximate surface area is 181 Å². The molecule has 2 aromatic rings. The van der Waals surface area contributed by atoms with E-state index in [1.54, 1.807) is 0 Å². The first-order valence-electron chi connectivity index (χ1n) is 9.95. The van der Waals surface area contributed by atoms with Crippen LogP contribution in [0.3, 0.4) is 0 Å². The third-order valence-electron chi connectivity index (χ3n) is 5.00. The molecule has 0 aromatic carbocycles. The Bertz CT molecular complexity index is 993. The topological polar surface area (TPSA) is 100 Å². The van der Waals surface area contributed by atoms with Gasteiger partial charge in [-0.3, -0.25) is 9.59 Å². The summed E-state index contributed by atoms with van der Waals surface area (Å²) in [5, 5.41) is 4.28. The molecule has 0 spiro atoms. The van der Waals surface area contributed by atoms with Crippen molar-refractivity contribution in [3.63, 3.8) is 0 Å². The Morgan fingerprint density at radius 3 is 2.25 bits per heavy atom. The number of methoxy groups -OCH3 is 2. The first-order valence-corrected chi connectivity index (χ1v) is 9.95. The van der Waals surface area contributed by atoms with E-state index in [9.17, 15) is 27.6 Å². The maximum Gasteiger partial charge on any atom is 0.417 e. The number of ketones is 1. The molecule has 0 bridgehead atoms. The van der Waals surface area contributed by atoms with Gasteiger partial charge in [-0.15, -0.1) is 0 Å². The van der Waals surface area contributed by atoms with Crippen LogP contribution >= 0.6 is 0 Å². The maximum atomic E-state index is 12.5. The van der Waals surface area contributed by atoms with Crippen LogP contribution in [0.4, 0.5) is 13.2 Å². The van der Waals surface area contributed by atoms with E-state index in [1.807, 2.05) is 0 Å². The van der Waals surface area contributed by atoms with E-state index in [-0.39, 0.29) is 29.9 Å². The molecule has 172 valence electrons. The van der Waals surface area contributed by atoms with Crippen LogP contribution in [-0.4, -0.2) is 46.7 Å². The van der Waals surface area contributed by atoms with Crippen LogP contribution < -0.4 is 0 Å². The van der Waals surface area contributed by atoms with Crippen LogP contribution in [0, 0.1) is 5.92 Å². The van der Waals surface area contributed by atoms with Crippen molar-refractivity contribution < 1.29 is 37.0 Å². The highest BCUT2D eigenvalue weighted by Crippen LogP contribution is 2.41. The Morgan fingerprint density at radius 1 is 1.09 bits per heavy atom. The second-order valence-corrected chi connectivity index (χ2v) is 7.53. The van der Waals surface area contributed by atoms with Crippen molar-refractivity contribution in [2.24, 2.45) is 5.92 Å². The number of pyridine rings is 1. The second-order valence-electron chi connectivity index (χ2n) is 7.53. The van der Waals surface area contributed by atoms with E-state index in [0.717, 1.165) is 37.9 Å². The highest BCUT2D eigenvalue weighted by molar-refractivity contribution is 5.97. The molecule has 0 saturated heterocycles. The number of rotatable bonds is 6. The zero-order valence-corrected chi connectivity index (χ0v) is 17.5. The van der Waals surface area contributed by atoms with Crippen molar-refractivity contribution in [2.45, 2.75) is 44.2 Å². The summed E-state index contributed by atoms with van der Waals surface area (Å²) in [5.74, 6) is -0.322. The molecule has 2 saturated carbocycles. The molecule has 0 radical (unpaired) electrons. The van der Waals surface area contributed by atoms with Crippen molar-refractivity contribution in [1.29, 1.82) is 0 Å². The van der Waals surface area contributed by atoms with Gasteiger partial charge in [0, 0.05) is 24.2 Å². The average Bonchev–Trinajstić information content (AvgIpc) is 3.70. The molecule has 0 aliphatic heterocycles. The Hall–Kier alpha value is -3.24. The highest BCUT2D eigenvalue weighted by atomic mass is 19.4. The van der Waals surface area contributed by atoms with E-state index in [4.69, 9.17) is 4.74 Å². The van der Waals surface area contributed by atoms with E-state index < -0.39 is 23.7 Å². The van der Waals surface area contributed by atoms with Gasteiger partial charge in [0.05, 0.1) is 25.5 Å². The van der Waals surface area contributed by atoms with Crippen molar-refractivity contribution in [3.8, 4) is 5.82 Å². The molecule has 4 rings (SSSR count). The Kier molecular flexibility index (Phi) is 6.95. The summed E-state index contributed by atoms with van der Waals surface area (Å²) in [7, 11) is 2.56. The summed E-state index contributed by atoms with van der Waals surface area (Å²) in [5.41, 5.74) is 0.0965. The van der Waals surface area contributed by atoms with E-state index >= 15 is 0 Å². The summed E-state index contributed by atoms with van der Waals surface area (Å²) in [6.07, 6.45) is 1.47. The van der Waals surface area contributed by atoms with Crippen LogP contribution in [0.15, 0.2) is 24.5 Å². The van der Waals surface area contributed by atoms with E-state index in [1.165, 1.54) is 31.2 Å². The molecule has 2 heterocycles. The van der Waals surface area contributed by atoms with Gasteiger partial charge in [0.25, 0.3) is 0 Å². The molecule has 0 unspecified atom stereocenters. The van der Waals surface area contributed by atoms with Gasteiger partial charge in [-0.1, -0.05) is 0 Å². The standard InChI is InChI=1S/C14H12F3N3O2.C7H10O3/c1-22-13(21)10-7-20(19-12(10)8-2-3-8)11-5-4-9(6-18-11)14(15,16)17;1-10-7(9)4-6(8)5-2-3-5/h4-8H,2-3H2,1H3;5H,2-4H2,1H3. The van der Waals surface area contributed by atoms with Gasteiger partial charge < -0.3 is 9.47 Å². The van der Waals surface area contributed by atoms with Gasteiger partial charge >= 0.3 is 18.1 Å². The third-order valence-corrected chi connectivity index (χ3v) is 5.00. The second kappa shape index (κ2) is 9.49. The maximum absolute atomic E-state index is 12.5. The average molecular weight is 453 g/mol. The van der Waals surface area contributed by atoms with Gasteiger partial charge in [0.2, 0.25) is 0 Å². The zero-order chi connectivity index (χ0) is 23.5. The van der Waals surface area contributed by atoms with Crippen molar-refractivity contribution >= 4 is 17.7 Å². The molecule has 8 nitrogen and oxygen atoms in total. The highest BCUT2D eigenvalue weighted by Gasteiger charge is 2.33. The van der Waals surface area contributed by atoms with Crippen LogP contribution in [0.5, 0.6) is 0 Å². The number of hydrogen-bond acceptors (Lipinski definition) is 7. The van der Waals surface area contributed by atoms with Gasteiger partial charge in [-0.05, 0) is 37.8 Å². The van der Waals surface area contributed by atoms with Crippen LogP contribution in [0.2, 0.25) is 0 Å². The zero-order valence-electron chi connectivity index (χ0n) is 17.5. The smallest absolute Gasteiger partial charge is 0.417 e. The van der Waals surface area contributed by atoms with Crippen molar-refractivity contribution in [1.82, 2.24) is 14.8 Å². The lowest BCUT2D eigenvalue weighted by atomic mass is 10.2. The van der Waals surface area contributed by atoms with Gasteiger partial charge in [0.15, 0.2) is 5.82 Å². The Morgan fingerprint density at radius 2 is 1.78 bits per heavy atom. The van der Waals surface area contributed by atoms with Gasteiger partial charge in [0.1, 0.15) is 17.8 Å². The number of hydrogen-bond donors (Lipinski definition) is 0. The summed E-state index contributed by atoms with van der Waals surface area (Å²) in [6.45, 7) is 0. The molecule has 2 aliphatic rings. The Balaban J connectivity index is 0.000000243. The molecule has 2 fully saturated rings. The number of halogens is 3. The van der Waals surface area contributed by atoms with Crippen LogP contribution in [0.1, 0.15) is 59.6 Å². The molecule has 0 N–H and O–H groups in total. The molecule has 2 aliphatic carbocycles. The number of ether oxygens (including phenoxy) is 2. The molecular weight excluding hydrogens is 431 g/mol. The number of nitrogens with zero attached hydrogens (tertiary/aromatic N) is 3. The molecule has 2 aromatic heterocycles. The lowest BCUT2D eigenvalue weighted by Gasteiger charge is -2.06. The predicted molar refractivity (Wildman–Crippen MR) is 104 cm³/mol. The minimum Gasteiger partial charge on any atom is -0.469 e. The minimum absolute atomic E-state index is 0.0341. The lowest BCUT2D eigenvalue weighted by Crippen LogP contribution is -2.10. The molecule has 32 heavy (non-hydrogen) atoms. The number of esters is 2. The van der Waals surface area contributed by atoms with E-state index in [0.29, 0.717) is 11.3 Å². The van der Waals surface area contributed by atoms with Crippen LogP contribution in [0.25, 0.3) is 5.82 Å². The normalized spacial score (nSPS) is 15.4. The minimum atomic E-state index is -4.44. The van der Waals surface area contributed by atoms with Gasteiger partial charge in [-0.2, -0.15) is 18.3 Å². The summed E-state index contributed by atoms with van der Waals surface area (Å²) < 4.78 is 47.9. The van der Waals surface area contributed by atoms with Crippen molar-refractivity contribution in [2.75, 3.05) is 14.2 Å². The quantitative estimate of drug-likeness (QED) is 0.488. The molecule has 11 heteroatoms. The monoisotopic (exact) mass is 453 g/mol. The molecule has 0 atom stereocenters. The fraction of sp³-hybridized carbons (Fsp3) is 0.476. The van der Waals surface area contributed by atoms with Crippen molar-refractivity contribution in [3.05, 3.63) is 41.3 Å². The number of aromatic nitrogens is 3. The fourth-order valence-electron chi connectivity index (χ4n) is 2.88. The summed E-state index contributed by atoms with van der Waals surface area (Å²) in [4.78, 5) is 36.9. The predicted octanol–water partition coefficient (Wildman–Crippen LogP) is 3.48. The number of alkyl halides is 3. The van der Waals surface area contributed by atoms with Crippen LogP contribution in [-0.2, 0) is 25.2 Å². The number of carbonyl (C=O) groups is 3. The molecular formula is C21H22F3N3O5. The fourth-order valence-corrected chi connectivity index (χ4v) is 2.88. The largest absolute Gasteiger partial charge is 0.469 e. The molecule has 0 amide bonds. The third kappa shape index (κ3) is 5.92. The number of carbonyl (C=O) groups excluding carboxylic acids is 3. The SMILES string of the molecule is COC(=O)CC(=O)C1CC1.COC(=O)c1cn(-c2ccc(C(F)(F)F)cn2)nc1C1CC1. The summed E-state index contributed by atoms with van der Waals surface area (Å²) >= 11 is 0. The van der Waals surface area contributed by atoms with E-state index in [2.05, 4.69) is 14.8 Å². The van der Waals surface area contributed by atoms with Gasteiger partial charge in [-0.25, -0.2) is 14.5 Å². The number of Topliss-reactive ketones (excluding diaryl/α,β-unsaturated/α-hetero) is 1. The first kappa shape index (κ1) is 23.4. The lowest BCUT2D eigenvalue weighted by molar-refractivity contribution is -0.143. The summed E-state index contributed by atoms with van der Waals surface area (Å²) in [6, 6.07) is 2.15.